The summed E-state index contributed by atoms with van der Waals surface area (Å²) in [6.45, 7) is 3.48. The fraction of sp³-hybridized carbons (Fsp3) is 0.700. The molecule has 4 nitrogen and oxygen atoms in total. The molecule has 4 heteroatoms. The molecule has 14 heavy (non-hydrogen) atoms. The maximum atomic E-state index is 11.3. The molecule has 0 rings (SSSR count). The molecule has 0 aliphatic carbocycles. The largest absolute Gasteiger partial charge is 0.385 e. The number of carbonyl (C=O) groups is 1. The predicted octanol–water partition coefficient (Wildman–Crippen LogP) is -0.250. The fourth-order valence-electron chi connectivity index (χ4n) is 0.886. The monoisotopic (exact) mass is 198 g/mol. The predicted molar refractivity (Wildman–Crippen MR) is 55.8 cm³/mol. The van der Waals surface area contributed by atoms with Crippen LogP contribution in [0.25, 0.3) is 0 Å². The van der Waals surface area contributed by atoms with Gasteiger partial charge < -0.3 is 10.1 Å². The van der Waals surface area contributed by atoms with E-state index in [1.165, 1.54) is 0 Å². The summed E-state index contributed by atoms with van der Waals surface area (Å²) in [6.07, 6.45) is 5.88. The zero-order chi connectivity index (χ0) is 10.8. The van der Waals surface area contributed by atoms with Crippen molar-refractivity contribution >= 4 is 5.91 Å². The average molecular weight is 198 g/mol. The zero-order valence-electron chi connectivity index (χ0n) is 8.80. The molecule has 80 valence electrons. The van der Waals surface area contributed by atoms with Crippen LogP contribution in [0, 0.1) is 12.3 Å². The molecule has 0 bridgehead atoms. The van der Waals surface area contributed by atoms with E-state index in [9.17, 15) is 4.79 Å². The molecule has 0 aliphatic rings. The van der Waals surface area contributed by atoms with E-state index in [0.717, 1.165) is 6.42 Å². The Hall–Kier alpha value is -1.05. The van der Waals surface area contributed by atoms with Gasteiger partial charge in [-0.05, 0) is 13.3 Å². The summed E-state index contributed by atoms with van der Waals surface area (Å²) in [6, 6.07) is -0.242. The highest BCUT2D eigenvalue weighted by molar-refractivity contribution is 5.81. The van der Waals surface area contributed by atoms with E-state index in [4.69, 9.17) is 11.2 Å². The SMILES string of the molecule is C#CCNC(C)C(=O)NCCCOC. The second kappa shape index (κ2) is 8.54. The van der Waals surface area contributed by atoms with Crippen molar-refractivity contribution in [3.63, 3.8) is 0 Å². The fourth-order valence-corrected chi connectivity index (χ4v) is 0.886. The number of rotatable bonds is 7. The first-order valence-electron chi connectivity index (χ1n) is 4.66. The van der Waals surface area contributed by atoms with Crippen molar-refractivity contribution in [2.75, 3.05) is 26.8 Å². The number of methoxy groups -OCH3 is 1. The maximum absolute atomic E-state index is 11.3. The Morgan fingerprint density at radius 3 is 2.93 bits per heavy atom. The highest BCUT2D eigenvalue weighted by atomic mass is 16.5. The summed E-state index contributed by atoms with van der Waals surface area (Å²) in [5.74, 6) is 2.39. The minimum Gasteiger partial charge on any atom is -0.385 e. The van der Waals surface area contributed by atoms with Gasteiger partial charge in [-0.15, -0.1) is 6.42 Å². The Kier molecular flexibility index (Phi) is 7.90. The molecule has 1 amide bonds. The van der Waals surface area contributed by atoms with Crippen molar-refractivity contribution in [1.29, 1.82) is 0 Å². The van der Waals surface area contributed by atoms with Gasteiger partial charge in [-0.25, -0.2) is 0 Å². The molecule has 1 unspecified atom stereocenters. The van der Waals surface area contributed by atoms with Crippen LogP contribution in [0.15, 0.2) is 0 Å². The van der Waals surface area contributed by atoms with Crippen LogP contribution in [0.2, 0.25) is 0 Å². The van der Waals surface area contributed by atoms with E-state index < -0.39 is 0 Å². The molecule has 0 heterocycles. The van der Waals surface area contributed by atoms with Crippen LogP contribution in [-0.2, 0) is 9.53 Å². The molecule has 0 aliphatic heterocycles. The molecule has 2 N–H and O–H groups in total. The molecular formula is C10H18N2O2. The summed E-state index contributed by atoms with van der Waals surface area (Å²) in [7, 11) is 1.64. The molecule has 0 fully saturated rings. The Bertz CT molecular complexity index is 199. The summed E-state index contributed by atoms with van der Waals surface area (Å²) >= 11 is 0. The van der Waals surface area contributed by atoms with Crippen molar-refractivity contribution in [1.82, 2.24) is 10.6 Å². The Labute approximate surface area is 85.4 Å². The standard InChI is InChI=1S/C10H18N2O2/c1-4-6-11-9(2)10(13)12-7-5-8-14-3/h1,9,11H,5-8H2,2-3H3,(H,12,13). The van der Waals surface area contributed by atoms with Crippen LogP contribution in [0.1, 0.15) is 13.3 Å². The van der Waals surface area contributed by atoms with Gasteiger partial charge in [0.1, 0.15) is 0 Å². The maximum Gasteiger partial charge on any atom is 0.236 e. The summed E-state index contributed by atoms with van der Waals surface area (Å²) in [5, 5.41) is 5.67. The van der Waals surface area contributed by atoms with E-state index in [-0.39, 0.29) is 11.9 Å². The summed E-state index contributed by atoms with van der Waals surface area (Å²) in [4.78, 5) is 11.3. The van der Waals surface area contributed by atoms with Gasteiger partial charge in [-0.3, -0.25) is 10.1 Å². The quantitative estimate of drug-likeness (QED) is 0.438. The average Bonchev–Trinajstić information content (AvgIpc) is 2.20. The van der Waals surface area contributed by atoms with Gasteiger partial charge >= 0.3 is 0 Å². The second-order valence-electron chi connectivity index (χ2n) is 2.94. The van der Waals surface area contributed by atoms with Crippen molar-refractivity contribution in [3.8, 4) is 12.3 Å². The van der Waals surface area contributed by atoms with Gasteiger partial charge in [0.05, 0.1) is 12.6 Å². The van der Waals surface area contributed by atoms with Crippen molar-refractivity contribution in [2.24, 2.45) is 0 Å². The first-order chi connectivity index (χ1) is 6.72. The normalized spacial score (nSPS) is 11.8. The number of hydrogen-bond donors (Lipinski definition) is 2. The molecule has 0 aromatic carbocycles. The Balaban J connectivity index is 3.48. The van der Waals surface area contributed by atoms with Crippen LogP contribution < -0.4 is 10.6 Å². The molecule has 0 radical (unpaired) electrons. The van der Waals surface area contributed by atoms with E-state index in [1.54, 1.807) is 14.0 Å². The number of nitrogens with one attached hydrogen (secondary N) is 2. The van der Waals surface area contributed by atoms with Gasteiger partial charge in [-0.1, -0.05) is 5.92 Å². The minimum absolute atomic E-state index is 0.0312. The minimum atomic E-state index is -0.242. The van der Waals surface area contributed by atoms with Gasteiger partial charge in [0.2, 0.25) is 5.91 Å². The first-order valence-corrected chi connectivity index (χ1v) is 4.66. The molecule has 0 spiro atoms. The number of hydrogen-bond acceptors (Lipinski definition) is 3. The van der Waals surface area contributed by atoms with E-state index in [0.29, 0.717) is 19.7 Å². The van der Waals surface area contributed by atoms with Crippen LogP contribution in [0.5, 0.6) is 0 Å². The topological polar surface area (TPSA) is 50.4 Å². The Morgan fingerprint density at radius 2 is 2.36 bits per heavy atom. The van der Waals surface area contributed by atoms with Gasteiger partial charge in [0, 0.05) is 20.3 Å². The number of amides is 1. The Morgan fingerprint density at radius 1 is 1.64 bits per heavy atom. The third-order valence-corrected chi connectivity index (χ3v) is 1.73. The number of ether oxygens (including phenoxy) is 1. The van der Waals surface area contributed by atoms with Crippen LogP contribution in [0.3, 0.4) is 0 Å². The molecule has 0 saturated heterocycles. The van der Waals surface area contributed by atoms with Gasteiger partial charge in [-0.2, -0.15) is 0 Å². The third-order valence-electron chi connectivity index (χ3n) is 1.73. The van der Waals surface area contributed by atoms with Crippen LogP contribution >= 0.6 is 0 Å². The lowest BCUT2D eigenvalue weighted by atomic mass is 10.3. The molecule has 0 aromatic rings. The number of terminal acetylenes is 1. The van der Waals surface area contributed by atoms with E-state index >= 15 is 0 Å². The molecule has 0 aromatic heterocycles. The second-order valence-corrected chi connectivity index (χ2v) is 2.94. The summed E-state index contributed by atoms with van der Waals surface area (Å²) < 4.78 is 4.86. The smallest absolute Gasteiger partial charge is 0.236 e. The first kappa shape index (κ1) is 12.9. The highest BCUT2D eigenvalue weighted by Gasteiger charge is 2.09. The zero-order valence-corrected chi connectivity index (χ0v) is 8.80. The van der Waals surface area contributed by atoms with Gasteiger partial charge in [0.25, 0.3) is 0 Å². The molecule has 1 atom stereocenters. The lowest BCUT2D eigenvalue weighted by Gasteiger charge is -2.11. The van der Waals surface area contributed by atoms with Gasteiger partial charge in [0.15, 0.2) is 0 Å². The van der Waals surface area contributed by atoms with Crippen molar-refractivity contribution in [3.05, 3.63) is 0 Å². The van der Waals surface area contributed by atoms with Crippen molar-refractivity contribution in [2.45, 2.75) is 19.4 Å². The van der Waals surface area contributed by atoms with Crippen LogP contribution in [-0.4, -0.2) is 38.8 Å². The van der Waals surface area contributed by atoms with Crippen molar-refractivity contribution < 1.29 is 9.53 Å². The highest BCUT2D eigenvalue weighted by Crippen LogP contribution is 1.83. The third kappa shape index (κ3) is 6.46. The molecule has 0 saturated carbocycles. The lowest BCUT2D eigenvalue weighted by molar-refractivity contribution is -0.122. The van der Waals surface area contributed by atoms with E-state index in [2.05, 4.69) is 16.6 Å². The molecular weight excluding hydrogens is 180 g/mol. The summed E-state index contributed by atoms with van der Waals surface area (Å²) in [5.41, 5.74) is 0. The van der Waals surface area contributed by atoms with Crippen LogP contribution in [0.4, 0.5) is 0 Å². The van der Waals surface area contributed by atoms with E-state index in [1.807, 2.05) is 0 Å². The lowest BCUT2D eigenvalue weighted by Crippen LogP contribution is -2.42. The number of carbonyl (C=O) groups excluding carboxylic acids is 1.